The molecule has 2 aromatic rings. The number of carbonyl (C=O) groups excluding carboxylic acids is 1. The van der Waals surface area contributed by atoms with E-state index in [9.17, 15) is 14.9 Å². The van der Waals surface area contributed by atoms with Crippen LogP contribution in [0.3, 0.4) is 0 Å². The lowest BCUT2D eigenvalue weighted by molar-refractivity contribution is -0.384. The van der Waals surface area contributed by atoms with Crippen LogP contribution < -0.4 is 4.90 Å². The molecule has 1 aliphatic heterocycles. The molecular weight excluding hydrogens is 338 g/mol. The van der Waals surface area contributed by atoms with Gasteiger partial charge < -0.3 is 9.80 Å². The first-order valence-corrected chi connectivity index (χ1v) is 8.33. The fraction of sp³-hybridized carbons (Fsp3) is 0.267. The van der Waals surface area contributed by atoms with E-state index < -0.39 is 4.92 Å². The van der Waals surface area contributed by atoms with E-state index in [0.717, 1.165) is 4.88 Å². The van der Waals surface area contributed by atoms with Crippen molar-refractivity contribution in [3.8, 4) is 0 Å². The van der Waals surface area contributed by atoms with Crippen molar-refractivity contribution in [3.63, 3.8) is 0 Å². The summed E-state index contributed by atoms with van der Waals surface area (Å²) in [6.45, 7) is 2.19. The van der Waals surface area contributed by atoms with E-state index in [1.807, 2.05) is 22.4 Å². The Morgan fingerprint density at radius 3 is 2.57 bits per heavy atom. The van der Waals surface area contributed by atoms with E-state index in [4.69, 9.17) is 11.6 Å². The van der Waals surface area contributed by atoms with Crippen LogP contribution in [0, 0.1) is 10.1 Å². The van der Waals surface area contributed by atoms with Crippen LogP contribution in [0.5, 0.6) is 0 Å². The third-order valence-corrected chi connectivity index (χ3v) is 4.87. The molecule has 1 saturated heterocycles. The summed E-state index contributed by atoms with van der Waals surface area (Å²) in [4.78, 5) is 27.5. The first kappa shape index (κ1) is 15.8. The third kappa shape index (κ3) is 3.30. The van der Waals surface area contributed by atoms with Crippen molar-refractivity contribution >= 4 is 40.2 Å². The Kier molecular flexibility index (Phi) is 4.49. The Morgan fingerprint density at radius 1 is 1.22 bits per heavy atom. The number of thiophene rings is 1. The zero-order valence-electron chi connectivity index (χ0n) is 12.1. The number of nitro groups is 1. The molecule has 1 aromatic carbocycles. The van der Waals surface area contributed by atoms with Crippen molar-refractivity contribution < 1.29 is 9.72 Å². The monoisotopic (exact) mass is 351 g/mol. The average Bonchev–Trinajstić information content (AvgIpc) is 3.09. The second kappa shape index (κ2) is 6.55. The lowest BCUT2D eigenvalue weighted by atomic mass is 10.2. The van der Waals surface area contributed by atoms with Gasteiger partial charge in [-0.05, 0) is 23.6 Å². The van der Waals surface area contributed by atoms with Crippen LogP contribution in [0.1, 0.15) is 9.67 Å². The number of benzene rings is 1. The summed E-state index contributed by atoms with van der Waals surface area (Å²) in [6, 6.07) is 8.33. The molecule has 0 spiro atoms. The second-order valence-electron chi connectivity index (χ2n) is 5.15. The highest BCUT2D eigenvalue weighted by Gasteiger charge is 2.26. The number of hydrogen-bond donors (Lipinski definition) is 0. The number of hydrogen-bond acceptors (Lipinski definition) is 5. The van der Waals surface area contributed by atoms with E-state index in [2.05, 4.69) is 0 Å². The SMILES string of the molecule is O=C(c1cccs1)N1CCN(c2ccc(Cl)cc2[N+](=O)[O-])CC1. The quantitative estimate of drug-likeness (QED) is 0.628. The van der Waals surface area contributed by atoms with Gasteiger partial charge in [-0.25, -0.2) is 0 Å². The van der Waals surface area contributed by atoms with Gasteiger partial charge in [0.15, 0.2) is 0 Å². The summed E-state index contributed by atoms with van der Waals surface area (Å²) in [6.07, 6.45) is 0. The minimum atomic E-state index is -0.426. The Hall–Kier alpha value is -2.12. The number of halogens is 1. The standard InChI is InChI=1S/C15H14ClN3O3S/c16-11-3-4-12(13(10-11)19(21)22)17-5-7-18(8-6-17)15(20)14-2-1-9-23-14/h1-4,9-10H,5-8H2. The molecule has 3 rings (SSSR count). The van der Waals surface area contributed by atoms with E-state index in [1.54, 1.807) is 17.0 Å². The van der Waals surface area contributed by atoms with Crippen molar-refractivity contribution in [1.29, 1.82) is 0 Å². The van der Waals surface area contributed by atoms with Crippen molar-refractivity contribution in [3.05, 3.63) is 55.7 Å². The molecule has 0 unspecified atom stereocenters. The lowest BCUT2D eigenvalue weighted by Gasteiger charge is -2.35. The summed E-state index contributed by atoms with van der Waals surface area (Å²) in [5.74, 6) is 0.0188. The zero-order valence-corrected chi connectivity index (χ0v) is 13.7. The van der Waals surface area contributed by atoms with Gasteiger partial charge in [-0.3, -0.25) is 14.9 Å². The van der Waals surface area contributed by atoms with Gasteiger partial charge >= 0.3 is 0 Å². The van der Waals surface area contributed by atoms with Crippen LogP contribution in [0.4, 0.5) is 11.4 Å². The van der Waals surface area contributed by atoms with Crippen LogP contribution in [-0.4, -0.2) is 41.9 Å². The number of rotatable bonds is 3. The number of nitro benzene ring substituents is 1. The van der Waals surface area contributed by atoms with Gasteiger partial charge in [-0.15, -0.1) is 11.3 Å². The molecule has 0 bridgehead atoms. The molecule has 0 aliphatic carbocycles. The maximum Gasteiger partial charge on any atom is 0.294 e. The van der Waals surface area contributed by atoms with Gasteiger partial charge in [0.1, 0.15) is 5.69 Å². The Morgan fingerprint density at radius 2 is 1.96 bits per heavy atom. The van der Waals surface area contributed by atoms with Crippen molar-refractivity contribution in [2.75, 3.05) is 31.1 Å². The van der Waals surface area contributed by atoms with Gasteiger partial charge in [-0.2, -0.15) is 0 Å². The van der Waals surface area contributed by atoms with Crippen LogP contribution in [0.15, 0.2) is 35.7 Å². The highest BCUT2D eigenvalue weighted by atomic mass is 35.5. The van der Waals surface area contributed by atoms with Gasteiger partial charge in [0.05, 0.1) is 9.80 Å². The Bertz CT molecular complexity index is 728. The molecule has 2 heterocycles. The highest BCUT2D eigenvalue weighted by Crippen LogP contribution is 2.31. The Balaban J connectivity index is 1.72. The Labute approximate surface area is 142 Å². The van der Waals surface area contributed by atoms with Crippen LogP contribution in [0.2, 0.25) is 5.02 Å². The maximum absolute atomic E-state index is 12.3. The molecule has 0 radical (unpaired) electrons. The smallest absolute Gasteiger partial charge is 0.294 e. The van der Waals surface area contributed by atoms with E-state index in [0.29, 0.717) is 36.9 Å². The lowest BCUT2D eigenvalue weighted by Crippen LogP contribution is -2.48. The second-order valence-corrected chi connectivity index (χ2v) is 6.53. The van der Waals surface area contributed by atoms with E-state index >= 15 is 0 Å². The summed E-state index contributed by atoms with van der Waals surface area (Å²) in [5.41, 5.74) is 0.540. The summed E-state index contributed by atoms with van der Waals surface area (Å²) in [5, 5.41) is 13.4. The molecule has 23 heavy (non-hydrogen) atoms. The van der Waals surface area contributed by atoms with Gasteiger partial charge in [0.2, 0.25) is 0 Å². The number of amides is 1. The highest BCUT2D eigenvalue weighted by molar-refractivity contribution is 7.12. The first-order chi connectivity index (χ1) is 11.1. The average molecular weight is 352 g/mol. The molecule has 0 N–H and O–H groups in total. The van der Waals surface area contributed by atoms with Crippen LogP contribution >= 0.6 is 22.9 Å². The summed E-state index contributed by atoms with van der Waals surface area (Å²) in [7, 11) is 0. The molecule has 6 nitrogen and oxygen atoms in total. The fourth-order valence-corrected chi connectivity index (χ4v) is 3.47. The van der Waals surface area contributed by atoms with Crippen molar-refractivity contribution in [2.45, 2.75) is 0 Å². The number of piperazine rings is 1. The number of nitrogens with zero attached hydrogens (tertiary/aromatic N) is 3. The summed E-state index contributed by atoms with van der Waals surface area (Å²) < 4.78 is 0. The zero-order chi connectivity index (χ0) is 16.4. The molecule has 0 saturated carbocycles. The maximum atomic E-state index is 12.3. The van der Waals surface area contributed by atoms with Gasteiger partial charge in [0, 0.05) is 37.3 Å². The predicted molar refractivity (Wildman–Crippen MR) is 90.5 cm³/mol. The molecule has 1 amide bonds. The third-order valence-electron chi connectivity index (χ3n) is 3.77. The first-order valence-electron chi connectivity index (χ1n) is 7.08. The van der Waals surface area contributed by atoms with Gasteiger partial charge in [0.25, 0.3) is 11.6 Å². The molecule has 1 aromatic heterocycles. The number of carbonyl (C=O) groups is 1. The van der Waals surface area contributed by atoms with E-state index in [-0.39, 0.29) is 11.6 Å². The summed E-state index contributed by atoms with van der Waals surface area (Å²) >= 11 is 7.27. The van der Waals surface area contributed by atoms with Crippen molar-refractivity contribution in [1.82, 2.24) is 4.90 Å². The molecular formula is C15H14ClN3O3S. The predicted octanol–water partition coefficient (Wildman–Crippen LogP) is 3.27. The topological polar surface area (TPSA) is 66.7 Å². The van der Waals surface area contributed by atoms with Gasteiger partial charge in [-0.1, -0.05) is 17.7 Å². The molecule has 1 aliphatic rings. The minimum Gasteiger partial charge on any atom is -0.362 e. The van der Waals surface area contributed by atoms with Crippen LogP contribution in [-0.2, 0) is 0 Å². The molecule has 8 heteroatoms. The van der Waals surface area contributed by atoms with Crippen molar-refractivity contribution in [2.24, 2.45) is 0 Å². The molecule has 120 valence electrons. The largest absolute Gasteiger partial charge is 0.362 e. The fourth-order valence-electron chi connectivity index (χ4n) is 2.62. The number of anilines is 1. The molecule has 0 atom stereocenters. The normalized spacial score (nSPS) is 14.8. The van der Waals surface area contributed by atoms with Crippen LogP contribution in [0.25, 0.3) is 0 Å². The molecule has 1 fully saturated rings. The minimum absolute atomic E-state index is 0.00414. The van der Waals surface area contributed by atoms with E-state index in [1.165, 1.54) is 17.4 Å².